The van der Waals surface area contributed by atoms with Crippen LogP contribution in [0.4, 0.5) is 0 Å². The maximum Gasteiger partial charge on any atom is 0.344 e. The van der Waals surface area contributed by atoms with E-state index in [0.29, 0.717) is 11.1 Å². The molecular weight excluding hydrogens is 314 g/mol. The van der Waals surface area contributed by atoms with Crippen LogP contribution in [0.15, 0.2) is 29.2 Å². The van der Waals surface area contributed by atoms with Crippen molar-refractivity contribution in [2.75, 3.05) is 6.54 Å². The summed E-state index contributed by atoms with van der Waals surface area (Å²) in [7, 11) is 0. The largest absolute Gasteiger partial charge is 0.480 e. The summed E-state index contributed by atoms with van der Waals surface area (Å²) in [4.78, 5) is 35.9. The Morgan fingerprint density at radius 1 is 1.29 bits per heavy atom. The summed E-state index contributed by atoms with van der Waals surface area (Å²) in [6.45, 7) is -0.517. The molecule has 0 atom stereocenters. The summed E-state index contributed by atoms with van der Waals surface area (Å²) in [6.07, 6.45) is 0. The lowest BCUT2D eigenvalue weighted by atomic mass is 10.1. The van der Waals surface area contributed by atoms with Crippen molar-refractivity contribution in [1.29, 1.82) is 0 Å². The maximum atomic E-state index is 12.3. The number of esters is 1. The molecule has 1 fully saturated rings. The number of carboxylic acid groups (broad SMARTS) is 1. The van der Waals surface area contributed by atoms with Gasteiger partial charge in [0.1, 0.15) is 15.8 Å². The van der Waals surface area contributed by atoms with Crippen LogP contribution < -0.4 is 0 Å². The summed E-state index contributed by atoms with van der Waals surface area (Å²) < 4.78 is 5.28. The summed E-state index contributed by atoms with van der Waals surface area (Å²) in [6, 6.07) is 6.68. The number of cyclic esters (lactones) is 1. The molecule has 1 N–H and O–H groups in total. The number of fused-ring (bicyclic) bond motifs is 1. The monoisotopic (exact) mass is 321 g/mol. The number of thioether (sulfide) groups is 1. The number of carbonyl (C=O) groups is 3. The van der Waals surface area contributed by atoms with Gasteiger partial charge in [-0.05, 0) is 6.07 Å². The minimum atomic E-state index is -1.17. The number of aliphatic carboxylic acids is 1. The number of nitrogens with zero attached hydrogens (tertiary/aromatic N) is 1. The van der Waals surface area contributed by atoms with E-state index in [1.165, 1.54) is 0 Å². The number of hydrogen-bond donors (Lipinski definition) is 1. The molecule has 3 rings (SSSR count). The highest BCUT2D eigenvalue weighted by Gasteiger charge is 2.40. The normalized spacial score (nSPS) is 20.8. The Morgan fingerprint density at radius 2 is 1.95 bits per heavy atom. The highest BCUT2D eigenvalue weighted by Crippen LogP contribution is 2.41. The summed E-state index contributed by atoms with van der Waals surface area (Å²) in [5, 5.41) is 8.80. The molecule has 2 heterocycles. The van der Waals surface area contributed by atoms with Gasteiger partial charge in [0.25, 0.3) is 5.91 Å². The minimum Gasteiger partial charge on any atom is -0.480 e. The molecule has 1 amide bonds. The molecule has 8 heteroatoms. The molecule has 2 aliphatic heterocycles. The van der Waals surface area contributed by atoms with E-state index in [-0.39, 0.29) is 15.0 Å². The van der Waals surface area contributed by atoms with E-state index in [1.807, 2.05) is 0 Å². The van der Waals surface area contributed by atoms with E-state index in [9.17, 15) is 14.4 Å². The predicted octanol–water partition coefficient (Wildman–Crippen LogP) is 1.47. The molecule has 106 valence electrons. The maximum absolute atomic E-state index is 12.3. The van der Waals surface area contributed by atoms with Crippen molar-refractivity contribution in [3.63, 3.8) is 0 Å². The van der Waals surface area contributed by atoms with E-state index in [4.69, 9.17) is 22.1 Å². The molecule has 1 saturated heterocycles. The Bertz CT molecular complexity index is 740. The molecule has 6 nitrogen and oxygen atoms in total. The number of thiocarbonyl (C=S) groups is 1. The van der Waals surface area contributed by atoms with Gasteiger partial charge in [0, 0.05) is 5.56 Å². The third kappa shape index (κ3) is 2.22. The Balaban J connectivity index is 2.06. The molecule has 0 aliphatic carbocycles. The smallest absolute Gasteiger partial charge is 0.344 e. The molecule has 0 bridgehead atoms. The fraction of sp³-hybridized carbons (Fsp3) is 0.0769. The second kappa shape index (κ2) is 4.97. The molecule has 0 spiro atoms. The van der Waals surface area contributed by atoms with Gasteiger partial charge >= 0.3 is 11.9 Å². The number of hydrogen-bond acceptors (Lipinski definition) is 6. The zero-order chi connectivity index (χ0) is 15.1. The SMILES string of the molecule is O=C(O)CN1C(=O)/C(=C2\OC(=O)c3ccccc32)SC1=S. The van der Waals surface area contributed by atoms with Crippen molar-refractivity contribution >= 4 is 51.9 Å². The van der Waals surface area contributed by atoms with E-state index < -0.39 is 24.4 Å². The number of carboxylic acids is 1. The summed E-state index contributed by atoms with van der Waals surface area (Å²) in [5.41, 5.74) is 0.884. The van der Waals surface area contributed by atoms with Crippen molar-refractivity contribution in [2.45, 2.75) is 0 Å². The topological polar surface area (TPSA) is 83.9 Å². The third-order valence-corrected chi connectivity index (χ3v) is 4.36. The van der Waals surface area contributed by atoms with Gasteiger partial charge in [-0.25, -0.2) is 4.79 Å². The number of ether oxygens (including phenoxy) is 1. The zero-order valence-electron chi connectivity index (χ0n) is 10.4. The first-order valence-electron chi connectivity index (χ1n) is 5.80. The van der Waals surface area contributed by atoms with Gasteiger partial charge in [-0.2, -0.15) is 0 Å². The fourth-order valence-corrected chi connectivity index (χ4v) is 3.31. The second-order valence-electron chi connectivity index (χ2n) is 4.25. The standard InChI is InChI=1S/C13H7NO5S2/c15-8(16)5-14-11(17)10(21-13(14)20)9-6-3-1-2-4-7(6)12(18)19-9/h1-4H,5H2,(H,15,16)/b10-9+. The van der Waals surface area contributed by atoms with Crippen LogP contribution >= 0.6 is 24.0 Å². The molecule has 0 saturated carbocycles. The highest BCUT2D eigenvalue weighted by molar-refractivity contribution is 8.26. The molecule has 0 radical (unpaired) electrons. The minimum absolute atomic E-state index is 0.130. The van der Waals surface area contributed by atoms with Crippen LogP contribution in [0, 0.1) is 0 Å². The Hall–Kier alpha value is -2.19. The summed E-state index contributed by atoms with van der Waals surface area (Å²) in [5.74, 6) is -2.13. The van der Waals surface area contributed by atoms with Gasteiger partial charge in [0.15, 0.2) is 5.76 Å². The number of rotatable bonds is 2. The fourth-order valence-electron chi connectivity index (χ4n) is 2.04. The van der Waals surface area contributed by atoms with Gasteiger partial charge in [-0.3, -0.25) is 14.5 Å². The number of amides is 1. The molecule has 0 aromatic heterocycles. The lowest BCUT2D eigenvalue weighted by molar-refractivity contribution is -0.140. The first-order chi connectivity index (χ1) is 9.99. The van der Waals surface area contributed by atoms with Crippen molar-refractivity contribution in [3.8, 4) is 0 Å². The molecule has 2 aliphatic rings. The van der Waals surface area contributed by atoms with Crippen LogP contribution in [0.1, 0.15) is 15.9 Å². The third-order valence-electron chi connectivity index (χ3n) is 2.94. The predicted molar refractivity (Wildman–Crippen MR) is 78.3 cm³/mol. The van der Waals surface area contributed by atoms with Crippen molar-refractivity contribution in [3.05, 3.63) is 40.3 Å². The van der Waals surface area contributed by atoms with E-state index >= 15 is 0 Å². The van der Waals surface area contributed by atoms with Crippen LogP contribution in [0.5, 0.6) is 0 Å². The van der Waals surface area contributed by atoms with Gasteiger partial charge in [-0.15, -0.1) is 0 Å². The quantitative estimate of drug-likeness (QED) is 0.501. The average molecular weight is 321 g/mol. The zero-order valence-corrected chi connectivity index (χ0v) is 12.0. The van der Waals surface area contributed by atoms with E-state index in [1.54, 1.807) is 24.3 Å². The van der Waals surface area contributed by atoms with Crippen LogP contribution in [0.25, 0.3) is 5.76 Å². The Labute approximate surface area is 128 Å². The second-order valence-corrected chi connectivity index (χ2v) is 5.89. The first-order valence-corrected chi connectivity index (χ1v) is 7.03. The van der Waals surface area contributed by atoms with Gasteiger partial charge in [0.05, 0.1) is 5.56 Å². The molecule has 1 aromatic carbocycles. The Kier molecular flexibility index (Phi) is 3.26. The lowest BCUT2D eigenvalue weighted by Gasteiger charge is -2.10. The van der Waals surface area contributed by atoms with Gasteiger partial charge in [0.2, 0.25) is 0 Å². The van der Waals surface area contributed by atoms with Crippen molar-refractivity contribution in [1.82, 2.24) is 4.90 Å². The van der Waals surface area contributed by atoms with E-state index in [0.717, 1.165) is 16.7 Å². The number of carbonyl (C=O) groups excluding carboxylic acids is 2. The van der Waals surface area contributed by atoms with Crippen molar-refractivity contribution in [2.24, 2.45) is 0 Å². The van der Waals surface area contributed by atoms with Gasteiger partial charge in [-0.1, -0.05) is 42.2 Å². The van der Waals surface area contributed by atoms with Crippen LogP contribution in [0.3, 0.4) is 0 Å². The Morgan fingerprint density at radius 3 is 2.62 bits per heavy atom. The van der Waals surface area contributed by atoms with Crippen LogP contribution in [0.2, 0.25) is 0 Å². The average Bonchev–Trinajstić information content (AvgIpc) is 2.91. The summed E-state index contributed by atoms with van der Waals surface area (Å²) >= 11 is 5.94. The van der Waals surface area contributed by atoms with Crippen LogP contribution in [-0.4, -0.2) is 38.7 Å². The molecule has 0 unspecified atom stereocenters. The van der Waals surface area contributed by atoms with E-state index in [2.05, 4.69) is 0 Å². The molecular formula is C13H7NO5S2. The first kappa shape index (κ1) is 13.8. The highest BCUT2D eigenvalue weighted by atomic mass is 32.2. The van der Waals surface area contributed by atoms with Crippen molar-refractivity contribution < 1.29 is 24.2 Å². The van der Waals surface area contributed by atoms with Gasteiger partial charge < -0.3 is 9.84 Å². The molecule has 21 heavy (non-hydrogen) atoms. The van der Waals surface area contributed by atoms with Crippen LogP contribution in [-0.2, 0) is 14.3 Å². The molecule has 1 aromatic rings. The lowest BCUT2D eigenvalue weighted by Crippen LogP contribution is -2.33. The number of benzene rings is 1.